The molecule has 2 nitrogen and oxygen atoms in total. The SMILES string of the molecule is CC(NC(CN(C)C)C(C)C)c1cc(Br)cs1. The Bertz CT molecular complexity index is 336. The molecule has 0 spiro atoms. The molecule has 0 saturated carbocycles. The Labute approximate surface area is 118 Å². The van der Waals surface area contributed by atoms with Gasteiger partial charge in [0.2, 0.25) is 0 Å². The van der Waals surface area contributed by atoms with Crippen LogP contribution < -0.4 is 5.32 Å². The summed E-state index contributed by atoms with van der Waals surface area (Å²) in [6.45, 7) is 7.87. The summed E-state index contributed by atoms with van der Waals surface area (Å²) >= 11 is 5.32. The van der Waals surface area contributed by atoms with E-state index in [9.17, 15) is 0 Å². The Morgan fingerprint density at radius 1 is 1.35 bits per heavy atom. The van der Waals surface area contributed by atoms with Crippen LogP contribution in [0.25, 0.3) is 0 Å². The second kappa shape index (κ2) is 6.88. The van der Waals surface area contributed by atoms with E-state index in [1.165, 1.54) is 9.35 Å². The van der Waals surface area contributed by atoms with E-state index in [1.807, 2.05) is 11.3 Å². The van der Waals surface area contributed by atoms with Gasteiger partial charge in [0.05, 0.1) is 0 Å². The number of hydrogen-bond acceptors (Lipinski definition) is 3. The summed E-state index contributed by atoms with van der Waals surface area (Å²) in [5.74, 6) is 0.642. The van der Waals surface area contributed by atoms with E-state index in [0.29, 0.717) is 18.0 Å². The van der Waals surface area contributed by atoms with E-state index in [2.05, 4.69) is 72.5 Å². The van der Waals surface area contributed by atoms with Crippen molar-refractivity contribution in [1.29, 1.82) is 0 Å². The smallest absolute Gasteiger partial charge is 0.0389 e. The van der Waals surface area contributed by atoms with Crippen LogP contribution in [0.1, 0.15) is 31.7 Å². The van der Waals surface area contributed by atoms with Crippen LogP contribution in [-0.4, -0.2) is 31.6 Å². The van der Waals surface area contributed by atoms with Gasteiger partial charge in [0, 0.05) is 33.4 Å². The number of hydrogen-bond donors (Lipinski definition) is 1. The van der Waals surface area contributed by atoms with E-state index in [0.717, 1.165) is 6.54 Å². The lowest BCUT2D eigenvalue weighted by molar-refractivity contribution is 0.274. The van der Waals surface area contributed by atoms with Crippen LogP contribution in [0, 0.1) is 5.92 Å². The zero-order valence-electron chi connectivity index (χ0n) is 11.3. The van der Waals surface area contributed by atoms with Gasteiger partial charge in [-0.15, -0.1) is 11.3 Å². The maximum atomic E-state index is 3.73. The third-order valence-electron chi connectivity index (χ3n) is 2.85. The lowest BCUT2D eigenvalue weighted by Crippen LogP contribution is -2.42. The zero-order chi connectivity index (χ0) is 13.0. The predicted octanol–water partition coefficient (Wildman–Crippen LogP) is 3.75. The Kier molecular flexibility index (Phi) is 6.13. The molecule has 1 heterocycles. The summed E-state index contributed by atoms with van der Waals surface area (Å²) in [6.07, 6.45) is 0. The summed E-state index contributed by atoms with van der Waals surface area (Å²) in [5, 5.41) is 5.87. The van der Waals surface area contributed by atoms with Crippen LogP contribution in [0.2, 0.25) is 0 Å². The van der Waals surface area contributed by atoms with Gasteiger partial charge in [0.25, 0.3) is 0 Å². The maximum Gasteiger partial charge on any atom is 0.0389 e. The first-order chi connectivity index (χ1) is 7.90. The number of likely N-dealkylation sites (N-methyl/N-ethyl adjacent to an activating group) is 1. The molecule has 17 heavy (non-hydrogen) atoms. The van der Waals surface area contributed by atoms with Gasteiger partial charge in [-0.2, -0.15) is 0 Å². The van der Waals surface area contributed by atoms with Crippen molar-refractivity contribution < 1.29 is 0 Å². The molecule has 98 valence electrons. The second-order valence-corrected chi connectivity index (χ2v) is 7.03. The van der Waals surface area contributed by atoms with Crippen LogP contribution in [0.3, 0.4) is 0 Å². The number of thiophene rings is 1. The molecule has 0 saturated heterocycles. The maximum absolute atomic E-state index is 3.73. The molecule has 0 bridgehead atoms. The Balaban J connectivity index is 2.60. The molecule has 0 fully saturated rings. The van der Waals surface area contributed by atoms with Gasteiger partial charge in [-0.1, -0.05) is 13.8 Å². The van der Waals surface area contributed by atoms with Gasteiger partial charge >= 0.3 is 0 Å². The molecule has 1 rings (SSSR count). The second-order valence-electron chi connectivity index (χ2n) is 5.17. The zero-order valence-corrected chi connectivity index (χ0v) is 13.7. The fourth-order valence-electron chi connectivity index (χ4n) is 1.81. The van der Waals surface area contributed by atoms with Gasteiger partial charge in [0.1, 0.15) is 0 Å². The van der Waals surface area contributed by atoms with Crippen molar-refractivity contribution in [3.8, 4) is 0 Å². The minimum absolute atomic E-state index is 0.415. The normalized spacial score (nSPS) is 15.5. The average Bonchev–Trinajstić information content (AvgIpc) is 2.63. The minimum Gasteiger partial charge on any atom is -0.308 e. The highest BCUT2D eigenvalue weighted by atomic mass is 79.9. The molecule has 0 aliphatic carbocycles. The first-order valence-corrected chi connectivity index (χ1v) is 7.72. The highest BCUT2D eigenvalue weighted by Crippen LogP contribution is 2.26. The molecule has 1 aromatic heterocycles. The van der Waals surface area contributed by atoms with E-state index in [1.54, 1.807) is 0 Å². The molecule has 0 aliphatic rings. The molecule has 2 atom stereocenters. The van der Waals surface area contributed by atoms with Crippen molar-refractivity contribution in [1.82, 2.24) is 10.2 Å². The van der Waals surface area contributed by atoms with Crippen molar-refractivity contribution in [2.75, 3.05) is 20.6 Å². The molecule has 1 aromatic rings. The Morgan fingerprint density at radius 2 is 2.00 bits per heavy atom. The third-order valence-corrected chi connectivity index (χ3v) is 4.72. The topological polar surface area (TPSA) is 15.3 Å². The monoisotopic (exact) mass is 318 g/mol. The predicted molar refractivity (Wildman–Crippen MR) is 80.7 cm³/mol. The number of halogens is 1. The first-order valence-electron chi connectivity index (χ1n) is 6.05. The molecule has 2 unspecified atom stereocenters. The van der Waals surface area contributed by atoms with Crippen molar-refractivity contribution in [2.45, 2.75) is 32.9 Å². The molecular weight excluding hydrogens is 296 g/mol. The van der Waals surface area contributed by atoms with Gasteiger partial charge in [-0.25, -0.2) is 0 Å². The van der Waals surface area contributed by atoms with E-state index in [4.69, 9.17) is 0 Å². The standard InChI is InChI=1S/C13H23BrN2S/c1-9(2)12(7-16(4)5)15-10(3)13-6-11(14)8-17-13/h6,8-10,12,15H,7H2,1-5H3. The van der Waals surface area contributed by atoms with Crippen LogP contribution in [0.5, 0.6) is 0 Å². The van der Waals surface area contributed by atoms with E-state index >= 15 is 0 Å². The number of nitrogens with zero attached hydrogens (tertiary/aromatic N) is 1. The molecule has 0 amide bonds. The van der Waals surface area contributed by atoms with Crippen molar-refractivity contribution in [3.05, 3.63) is 20.8 Å². The third kappa shape index (κ3) is 5.08. The summed E-state index contributed by atoms with van der Waals surface area (Å²) in [4.78, 5) is 3.63. The molecule has 1 N–H and O–H groups in total. The van der Waals surface area contributed by atoms with Crippen LogP contribution >= 0.6 is 27.3 Å². The van der Waals surface area contributed by atoms with E-state index < -0.39 is 0 Å². The lowest BCUT2D eigenvalue weighted by Gasteiger charge is -2.28. The van der Waals surface area contributed by atoms with Crippen molar-refractivity contribution in [2.24, 2.45) is 5.92 Å². The van der Waals surface area contributed by atoms with Gasteiger partial charge in [-0.05, 0) is 48.9 Å². The van der Waals surface area contributed by atoms with Gasteiger partial charge in [0.15, 0.2) is 0 Å². The molecule has 0 aliphatic heterocycles. The molecule has 0 radical (unpaired) electrons. The summed E-state index contributed by atoms with van der Waals surface area (Å²) in [6, 6.07) is 3.15. The quantitative estimate of drug-likeness (QED) is 0.859. The summed E-state index contributed by atoms with van der Waals surface area (Å²) < 4.78 is 1.18. The fraction of sp³-hybridized carbons (Fsp3) is 0.692. The Morgan fingerprint density at radius 3 is 2.41 bits per heavy atom. The average molecular weight is 319 g/mol. The molecule has 0 aromatic carbocycles. The Hall–Kier alpha value is 0.1000. The number of rotatable bonds is 6. The van der Waals surface area contributed by atoms with E-state index in [-0.39, 0.29) is 0 Å². The van der Waals surface area contributed by atoms with Crippen LogP contribution in [-0.2, 0) is 0 Å². The highest BCUT2D eigenvalue weighted by Gasteiger charge is 2.18. The van der Waals surface area contributed by atoms with Crippen molar-refractivity contribution in [3.63, 3.8) is 0 Å². The number of nitrogens with one attached hydrogen (secondary N) is 1. The summed E-state index contributed by atoms with van der Waals surface area (Å²) in [7, 11) is 4.26. The van der Waals surface area contributed by atoms with Crippen LogP contribution in [0.4, 0.5) is 0 Å². The largest absolute Gasteiger partial charge is 0.308 e. The molecular formula is C13H23BrN2S. The lowest BCUT2D eigenvalue weighted by atomic mass is 10.0. The molecule has 4 heteroatoms. The highest BCUT2D eigenvalue weighted by molar-refractivity contribution is 9.10. The first kappa shape index (κ1) is 15.2. The van der Waals surface area contributed by atoms with Crippen LogP contribution in [0.15, 0.2) is 15.9 Å². The van der Waals surface area contributed by atoms with Gasteiger partial charge in [-0.3, -0.25) is 0 Å². The fourth-order valence-corrected chi connectivity index (χ4v) is 3.27. The van der Waals surface area contributed by atoms with Gasteiger partial charge < -0.3 is 10.2 Å². The summed E-state index contributed by atoms with van der Waals surface area (Å²) in [5.41, 5.74) is 0. The minimum atomic E-state index is 0.415. The van der Waals surface area contributed by atoms with Crippen molar-refractivity contribution >= 4 is 27.3 Å².